The van der Waals surface area contributed by atoms with Crippen molar-refractivity contribution in [3.05, 3.63) is 53.1 Å². The Labute approximate surface area is 151 Å². The van der Waals surface area contributed by atoms with Crippen LogP contribution in [0.25, 0.3) is 11.1 Å². The van der Waals surface area contributed by atoms with Gasteiger partial charge in [0.05, 0.1) is 7.11 Å². The van der Waals surface area contributed by atoms with E-state index in [1.54, 1.807) is 5.56 Å². The first kappa shape index (κ1) is 16.7. The Bertz CT molecular complexity index is 767. The Balaban J connectivity index is 1.90. The van der Waals surface area contributed by atoms with Crippen molar-refractivity contribution in [2.24, 2.45) is 5.92 Å². The monoisotopic (exact) mass is 335 g/mol. The number of rotatable bonds is 4. The number of benzene rings is 2. The summed E-state index contributed by atoms with van der Waals surface area (Å²) >= 11 is 0. The smallest absolute Gasteiger partial charge is 0.122 e. The topological polar surface area (TPSA) is 12.5 Å². The maximum atomic E-state index is 5.75. The summed E-state index contributed by atoms with van der Waals surface area (Å²) in [7, 11) is 1.81. The normalized spacial score (nSPS) is 22.5. The van der Waals surface area contributed by atoms with Gasteiger partial charge in [0.1, 0.15) is 5.75 Å². The summed E-state index contributed by atoms with van der Waals surface area (Å²) in [5, 5.41) is 0. The molecule has 0 N–H and O–H groups in total. The van der Waals surface area contributed by atoms with E-state index in [1.807, 2.05) is 7.11 Å². The number of hydrogen-bond acceptors (Lipinski definition) is 2. The summed E-state index contributed by atoms with van der Waals surface area (Å²) in [5.41, 5.74) is 7.35. The van der Waals surface area contributed by atoms with Gasteiger partial charge < -0.3 is 9.64 Å². The van der Waals surface area contributed by atoms with Gasteiger partial charge in [-0.2, -0.15) is 0 Å². The van der Waals surface area contributed by atoms with Gasteiger partial charge in [0.2, 0.25) is 0 Å². The fourth-order valence-corrected chi connectivity index (χ4v) is 5.01. The molecule has 4 rings (SSSR count). The van der Waals surface area contributed by atoms with Crippen molar-refractivity contribution in [2.75, 3.05) is 26.7 Å². The molecule has 2 atom stereocenters. The van der Waals surface area contributed by atoms with E-state index in [4.69, 9.17) is 4.74 Å². The molecule has 1 aliphatic carbocycles. The average Bonchev–Trinajstić information content (AvgIpc) is 3.10. The first-order valence-electron chi connectivity index (χ1n) is 9.77. The molecule has 0 radical (unpaired) electrons. The highest BCUT2D eigenvalue weighted by atomic mass is 16.5. The summed E-state index contributed by atoms with van der Waals surface area (Å²) in [6, 6.07) is 13.4. The van der Waals surface area contributed by atoms with Crippen LogP contribution in [-0.2, 0) is 12.8 Å². The third kappa shape index (κ3) is 2.77. The molecular formula is C23H29NO. The zero-order valence-corrected chi connectivity index (χ0v) is 15.7. The van der Waals surface area contributed by atoms with Gasteiger partial charge >= 0.3 is 0 Å². The lowest BCUT2D eigenvalue weighted by atomic mass is 9.73. The number of nitrogens with zero attached hydrogens (tertiary/aromatic N) is 1. The van der Waals surface area contributed by atoms with Gasteiger partial charge in [0.15, 0.2) is 0 Å². The van der Waals surface area contributed by atoms with Crippen LogP contribution in [0.15, 0.2) is 36.4 Å². The van der Waals surface area contributed by atoms with Crippen LogP contribution in [0.2, 0.25) is 0 Å². The summed E-state index contributed by atoms with van der Waals surface area (Å²) in [4.78, 5) is 2.62. The largest absolute Gasteiger partial charge is 0.496 e. The molecule has 1 saturated heterocycles. The van der Waals surface area contributed by atoms with Crippen LogP contribution < -0.4 is 4.74 Å². The minimum absolute atomic E-state index is 0.652. The third-order valence-electron chi connectivity index (χ3n) is 6.32. The molecule has 132 valence electrons. The van der Waals surface area contributed by atoms with E-state index >= 15 is 0 Å². The number of fused-ring (bicyclic) bond motifs is 3. The molecule has 25 heavy (non-hydrogen) atoms. The minimum atomic E-state index is 0.652. The summed E-state index contributed by atoms with van der Waals surface area (Å²) in [6.45, 7) is 8.16. The van der Waals surface area contributed by atoms with Crippen LogP contribution in [0.3, 0.4) is 0 Å². The molecule has 1 heterocycles. The lowest BCUT2D eigenvalue weighted by molar-refractivity contribution is 0.338. The number of aryl methyl sites for hydroxylation is 1. The fourth-order valence-electron chi connectivity index (χ4n) is 5.01. The molecule has 2 aliphatic rings. The van der Waals surface area contributed by atoms with Gasteiger partial charge in [0.25, 0.3) is 0 Å². The molecule has 1 aliphatic heterocycles. The zero-order valence-electron chi connectivity index (χ0n) is 15.7. The van der Waals surface area contributed by atoms with Crippen LogP contribution in [-0.4, -0.2) is 31.6 Å². The number of methoxy groups -OCH3 is 1. The Kier molecular flexibility index (Phi) is 4.56. The van der Waals surface area contributed by atoms with E-state index in [9.17, 15) is 0 Å². The minimum Gasteiger partial charge on any atom is -0.496 e. The van der Waals surface area contributed by atoms with Gasteiger partial charge in [-0.1, -0.05) is 44.2 Å². The Hall–Kier alpha value is -1.80. The van der Waals surface area contributed by atoms with Gasteiger partial charge in [-0.25, -0.2) is 0 Å². The molecule has 2 nitrogen and oxygen atoms in total. The second-order valence-corrected chi connectivity index (χ2v) is 7.48. The second kappa shape index (κ2) is 6.84. The highest BCUT2D eigenvalue weighted by Crippen LogP contribution is 2.48. The van der Waals surface area contributed by atoms with Crippen molar-refractivity contribution in [1.29, 1.82) is 0 Å². The van der Waals surface area contributed by atoms with Crippen LogP contribution in [0, 0.1) is 5.92 Å². The summed E-state index contributed by atoms with van der Waals surface area (Å²) in [6.07, 6.45) is 3.52. The third-order valence-corrected chi connectivity index (χ3v) is 6.32. The molecule has 0 spiro atoms. The van der Waals surface area contributed by atoms with Crippen molar-refractivity contribution in [1.82, 2.24) is 4.90 Å². The predicted octanol–water partition coefficient (Wildman–Crippen LogP) is 4.91. The molecule has 0 amide bonds. The molecular weight excluding hydrogens is 306 g/mol. The van der Waals surface area contributed by atoms with Gasteiger partial charge in [-0.15, -0.1) is 0 Å². The molecule has 1 fully saturated rings. The lowest BCUT2D eigenvalue weighted by Gasteiger charge is -2.31. The van der Waals surface area contributed by atoms with E-state index in [-0.39, 0.29) is 0 Å². The fraction of sp³-hybridized carbons (Fsp3) is 0.478. The van der Waals surface area contributed by atoms with Crippen molar-refractivity contribution >= 4 is 0 Å². The highest BCUT2D eigenvalue weighted by Gasteiger charge is 2.39. The molecule has 2 heteroatoms. The van der Waals surface area contributed by atoms with Crippen LogP contribution >= 0.6 is 0 Å². The quantitative estimate of drug-likeness (QED) is 0.787. The average molecular weight is 335 g/mol. The predicted molar refractivity (Wildman–Crippen MR) is 104 cm³/mol. The number of likely N-dealkylation sites (tertiary alicyclic amines) is 1. The van der Waals surface area contributed by atoms with E-state index in [1.165, 1.54) is 41.8 Å². The number of likely N-dealkylation sites (N-methyl/N-ethyl adjacent to an activating group) is 1. The standard InChI is InChI=1S/C23H29NO/c1-4-16-8-6-7-9-18(16)19-12-13-22(25-3)20-11-10-17-14-24(5-2)15-21(17)23(19)20/h6-9,12-13,17,21H,4-5,10-11,14-15H2,1-3H3. The Morgan fingerprint density at radius 1 is 1.04 bits per heavy atom. The first-order valence-corrected chi connectivity index (χ1v) is 9.77. The van der Waals surface area contributed by atoms with Gasteiger partial charge in [0, 0.05) is 19.0 Å². The molecule has 2 aromatic rings. The van der Waals surface area contributed by atoms with E-state index in [0.29, 0.717) is 5.92 Å². The first-order chi connectivity index (χ1) is 12.3. The van der Waals surface area contributed by atoms with Crippen molar-refractivity contribution < 1.29 is 4.74 Å². The zero-order chi connectivity index (χ0) is 17.4. The Morgan fingerprint density at radius 2 is 1.88 bits per heavy atom. The van der Waals surface area contributed by atoms with Gasteiger partial charge in [-0.05, 0) is 65.6 Å². The maximum Gasteiger partial charge on any atom is 0.122 e. The molecule has 2 unspecified atom stereocenters. The highest BCUT2D eigenvalue weighted by molar-refractivity contribution is 5.75. The van der Waals surface area contributed by atoms with Crippen LogP contribution in [0.1, 0.15) is 42.9 Å². The number of hydrogen-bond donors (Lipinski definition) is 0. The second-order valence-electron chi connectivity index (χ2n) is 7.48. The lowest BCUT2D eigenvalue weighted by Crippen LogP contribution is -2.21. The number of ether oxygens (including phenoxy) is 1. The van der Waals surface area contributed by atoms with Gasteiger partial charge in [-0.3, -0.25) is 0 Å². The van der Waals surface area contributed by atoms with E-state index in [2.05, 4.69) is 55.1 Å². The van der Waals surface area contributed by atoms with Crippen LogP contribution in [0.4, 0.5) is 0 Å². The van der Waals surface area contributed by atoms with Crippen LogP contribution in [0.5, 0.6) is 5.75 Å². The SMILES string of the molecule is CCc1ccccc1-c1ccc(OC)c2c1C1CN(CC)CC1CC2. The maximum absolute atomic E-state index is 5.75. The summed E-state index contributed by atoms with van der Waals surface area (Å²) in [5.74, 6) is 2.53. The molecule has 0 aromatic heterocycles. The van der Waals surface area contributed by atoms with Crippen molar-refractivity contribution in [3.8, 4) is 16.9 Å². The molecule has 2 aromatic carbocycles. The Morgan fingerprint density at radius 3 is 2.64 bits per heavy atom. The molecule has 0 saturated carbocycles. The van der Waals surface area contributed by atoms with E-state index < -0.39 is 0 Å². The van der Waals surface area contributed by atoms with Crippen molar-refractivity contribution in [2.45, 2.75) is 39.0 Å². The van der Waals surface area contributed by atoms with Crippen molar-refractivity contribution in [3.63, 3.8) is 0 Å². The summed E-state index contributed by atoms with van der Waals surface area (Å²) < 4.78 is 5.75. The van der Waals surface area contributed by atoms with E-state index in [0.717, 1.165) is 31.1 Å². The molecule has 0 bridgehead atoms.